The van der Waals surface area contributed by atoms with Crippen LogP contribution in [0.2, 0.25) is 0 Å². The summed E-state index contributed by atoms with van der Waals surface area (Å²) in [7, 11) is 3.22. The van der Waals surface area contributed by atoms with Crippen molar-refractivity contribution >= 4 is 40.1 Å². The number of carbonyl (C=O) groups is 3. The van der Waals surface area contributed by atoms with Crippen molar-refractivity contribution in [3.05, 3.63) is 54.4 Å². The van der Waals surface area contributed by atoms with Gasteiger partial charge in [-0.1, -0.05) is 51.1 Å². The molecule has 2 aromatic carbocycles. The van der Waals surface area contributed by atoms with Gasteiger partial charge in [0, 0.05) is 24.5 Å². The van der Waals surface area contributed by atoms with Gasteiger partial charge in [0.05, 0.1) is 24.4 Å². The van der Waals surface area contributed by atoms with Crippen LogP contribution < -0.4 is 26.0 Å². The summed E-state index contributed by atoms with van der Waals surface area (Å²) >= 11 is 0. The monoisotopic (exact) mass is 575 g/mol. The third-order valence-electron chi connectivity index (χ3n) is 7.58. The number of hydrogen-bond acceptors (Lipinski definition) is 8. The number of likely N-dealkylation sites (tertiary alicyclic amines) is 1. The van der Waals surface area contributed by atoms with Crippen LogP contribution in [-0.2, 0) is 20.9 Å². The minimum Gasteiger partial charge on any atom is -0.494 e. The van der Waals surface area contributed by atoms with E-state index in [9.17, 15) is 14.4 Å². The van der Waals surface area contributed by atoms with E-state index in [0.717, 1.165) is 10.9 Å². The van der Waals surface area contributed by atoms with Crippen LogP contribution in [0, 0.1) is 5.41 Å². The van der Waals surface area contributed by atoms with Crippen LogP contribution in [0.15, 0.2) is 48.8 Å². The molecule has 1 unspecified atom stereocenters. The Bertz CT molecular complexity index is 1420. The Morgan fingerprint density at radius 1 is 1.12 bits per heavy atom. The van der Waals surface area contributed by atoms with E-state index < -0.39 is 23.5 Å². The summed E-state index contributed by atoms with van der Waals surface area (Å²) in [6.07, 6.45) is 2.67. The number of hydrogen-bond donors (Lipinski definition) is 4. The predicted molar refractivity (Wildman–Crippen MR) is 163 cm³/mol. The molecule has 1 aromatic heterocycles. The summed E-state index contributed by atoms with van der Waals surface area (Å²) in [5, 5.41) is 12.9. The number of rotatable bonds is 10. The van der Waals surface area contributed by atoms with Crippen molar-refractivity contribution in [1.82, 2.24) is 25.5 Å². The Morgan fingerprint density at radius 3 is 2.52 bits per heavy atom. The molecule has 0 spiro atoms. The second-order valence-electron chi connectivity index (χ2n) is 11.6. The van der Waals surface area contributed by atoms with Gasteiger partial charge in [-0.2, -0.15) is 0 Å². The first-order valence-corrected chi connectivity index (χ1v) is 14.2. The number of carbonyl (C=O) groups excluding carboxylic acids is 3. The van der Waals surface area contributed by atoms with Crippen molar-refractivity contribution in [2.75, 3.05) is 31.3 Å². The van der Waals surface area contributed by atoms with E-state index in [1.165, 1.54) is 13.4 Å². The summed E-state index contributed by atoms with van der Waals surface area (Å²) in [5.74, 6) is 0.199. The lowest BCUT2D eigenvalue weighted by atomic mass is 9.85. The third-order valence-corrected chi connectivity index (χ3v) is 7.58. The van der Waals surface area contributed by atoms with Gasteiger partial charge in [0.1, 0.15) is 30.0 Å². The normalized spacial score (nSPS) is 16.5. The van der Waals surface area contributed by atoms with Crippen LogP contribution >= 0.6 is 0 Å². The van der Waals surface area contributed by atoms with Crippen molar-refractivity contribution < 1.29 is 19.1 Å². The highest BCUT2D eigenvalue weighted by atomic mass is 16.5. The molecule has 11 nitrogen and oxygen atoms in total. The average Bonchev–Trinajstić information content (AvgIpc) is 3.48. The molecule has 3 atom stereocenters. The maximum atomic E-state index is 13.8. The van der Waals surface area contributed by atoms with Gasteiger partial charge in [0.2, 0.25) is 17.7 Å². The second kappa shape index (κ2) is 13.2. The number of likely N-dealkylation sites (N-methyl/N-ethyl adjacent to an activating group) is 1. The Balaban J connectivity index is 1.56. The summed E-state index contributed by atoms with van der Waals surface area (Å²) in [4.78, 5) is 50.6. The maximum Gasteiger partial charge on any atom is 0.247 e. The second-order valence-corrected chi connectivity index (χ2v) is 11.6. The van der Waals surface area contributed by atoms with Gasteiger partial charge in [0.25, 0.3) is 0 Å². The molecule has 0 bridgehead atoms. The first-order chi connectivity index (χ1) is 20.0. The van der Waals surface area contributed by atoms with Gasteiger partial charge in [0.15, 0.2) is 0 Å². The molecule has 0 saturated carbocycles. The van der Waals surface area contributed by atoms with Crippen molar-refractivity contribution in [3.8, 4) is 5.75 Å². The quantitative estimate of drug-likeness (QED) is 0.289. The number of methoxy groups -OCH3 is 1. The van der Waals surface area contributed by atoms with Gasteiger partial charge in [-0.25, -0.2) is 9.97 Å². The number of amides is 3. The third kappa shape index (κ3) is 6.96. The fourth-order valence-corrected chi connectivity index (χ4v) is 5.00. The smallest absolute Gasteiger partial charge is 0.247 e. The fourth-order valence-electron chi connectivity index (χ4n) is 5.00. The van der Waals surface area contributed by atoms with E-state index in [1.54, 1.807) is 31.0 Å². The van der Waals surface area contributed by atoms with Crippen LogP contribution in [0.1, 0.15) is 46.1 Å². The molecular formula is C31H41N7O4. The molecule has 1 aliphatic rings. The van der Waals surface area contributed by atoms with Crippen LogP contribution in [0.5, 0.6) is 5.75 Å². The Labute approximate surface area is 246 Å². The molecule has 4 N–H and O–H groups in total. The van der Waals surface area contributed by atoms with Crippen LogP contribution in [0.25, 0.3) is 10.9 Å². The highest BCUT2D eigenvalue weighted by molar-refractivity contribution is 6.02. The molecule has 1 fully saturated rings. The number of fused-ring (bicyclic) bond motifs is 1. The Kier molecular flexibility index (Phi) is 9.62. The molecular weight excluding hydrogens is 534 g/mol. The molecule has 0 radical (unpaired) electrons. The molecule has 224 valence electrons. The lowest BCUT2D eigenvalue weighted by molar-refractivity contribution is -0.143. The van der Waals surface area contributed by atoms with E-state index in [1.807, 2.05) is 51.1 Å². The first-order valence-electron chi connectivity index (χ1n) is 14.2. The fraction of sp³-hybridized carbons (Fsp3) is 0.452. The van der Waals surface area contributed by atoms with Crippen molar-refractivity contribution in [1.29, 1.82) is 0 Å². The lowest BCUT2D eigenvalue weighted by Gasteiger charge is -2.36. The largest absolute Gasteiger partial charge is 0.494 e. The molecule has 2 heterocycles. The van der Waals surface area contributed by atoms with Gasteiger partial charge in [-0.15, -0.1) is 0 Å². The van der Waals surface area contributed by atoms with Gasteiger partial charge in [-0.3, -0.25) is 14.4 Å². The number of aromatic nitrogens is 2. The predicted octanol–water partition coefficient (Wildman–Crippen LogP) is 3.32. The molecule has 3 aromatic rings. The number of nitrogens with zero attached hydrogens (tertiary/aromatic N) is 3. The minimum absolute atomic E-state index is 0.272. The van der Waals surface area contributed by atoms with E-state index in [4.69, 9.17) is 4.74 Å². The number of benzene rings is 2. The zero-order valence-corrected chi connectivity index (χ0v) is 25.2. The Hall–Kier alpha value is -4.25. The first kappa shape index (κ1) is 30.7. The SMILES string of the molecule is CN[C@@H](C)C(=O)N[C@H](C(=O)N1CCCC1C(=O)Nc1cc2c(NCc3ccccc3)ncnc2cc1OC)C(C)(C)C. The topological polar surface area (TPSA) is 138 Å². The van der Waals surface area contributed by atoms with Crippen LogP contribution in [0.4, 0.5) is 11.5 Å². The van der Waals surface area contributed by atoms with Gasteiger partial charge in [-0.05, 0) is 43.9 Å². The summed E-state index contributed by atoms with van der Waals surface area (Å²) in [6, 6.07) is 11.6. The van der Waals surface area contributed by atoms with Crippen LogP contribution in [0.3, 0.4) is 0 Å². The van der Waals surface area contributed by atoms with Crippen LogP contribution in [-0.4, -0.2) is 71.4 Å². The molecule has 4 rings (SSSR count). The molecule has 1 aliphatic heterocycles. The molecule has 42 heavy (non-hydrogen) atoms. The highest BCUT2D eigenvalue weighted by Crippen LogP contribution is 2.33. The van der Waals surface area contributed by atoms with Crippen molar-refractivity contribution in [3.63, 3.8) is 0 Å². The zero-order valence-electron chi connectivity index (χ0n) is 25.2. The van der Waals surface area contributed by atoms with E-state index in [0.29, 0.717) is 48.7 Å². The molecule has 3 amide bonds. The van der Waals surface area contributed by atoms with Gasteiger partial charge < -0.3 is 30.9 Å². The zero-order chi connectivity index (χ0) is 30.4. The number of anilines is 2. The highest BCUT2D eigenvalue weighted by Gasteiger charge is 2.42. The minimum atomic E-state index is -0.792. The summed E-state index contributed by atoms with van der Waals surface area (Å²) in [6.45, 7) is 8.43. The molecule has 1 saturated heterocycles. The van der Waals surface area contributed by atoms with E-state index in [-0.39, 0.29) is 17.7 Å². The van der Waals surface area contributed by atoms with Gasteiger partial charge >= 0.3 is 0 Å². The molecule has 11 heteroatoms. The average molecular weight is 576 g/mol. The lowest BCUT2D eigenvalue weighted by Crippen LogP contribution is -2.59. The molecule has 0 aliphatic carbocycles. The van der Waals surface area contributed by atoms with E-state index in [2.05, 4.69) is 31.2 Å². The van der Waals surface area contributed by atoms with E-state index >= 15 is 0 Å². The Morgan fingerprint density at radius 2 is 1.86 bits per heavy atom. The standard InChI is InChI=1S/C31H41N7O4/c1-19(32-5)28(39)37-26(31(2,3)4)30(41)38-14-10-13-24(38)29(40)36-23-15-21-22(16-25(23)42-6)34-18-35-27(21)33-17-20-11-8-7-9-12-20/h7-9,11-12,15-16,18-19,24,26,32H,10,13-14,17H2,1-6H3,(H,36,40)(H,37,39)(H,33,34,35)/t19-,24?,26+/m0/s1. The van der Waals surface area contributed by atoms with Crippen molar-refractivity contribution in [2.24, 2.45) is 5.41 Å². The number of nitrogens with one attached hydrogen (secondary N) is 4. The number of ether oxygens (including phenoxy) is 1. The summed E-state index contributed by atoms with van der Waals surface area (Å²) in [5.41, 5.74) is 1.65. The summed E-state index contributed by atoms with van der Waals surface area (Å²) < 4.78 is 5.59. The maximum absolute atomic E-state index is 13.8. The van der Waals surface area contributed by atoms with Crippen molar-refractivity contribution in [2.45, 2.75) is 65.2 Å².